The molecule has 0 radical (unpaired) electrons. The summed E-state index contributed by atoms with van der Waals surface area (Å²) in [5.41, 5.74) is 4.69. The Bertz CT molecular complexity index is 381. The van der Waals surface area contributed by atoms with Gasteiger partial charge in [0, 0.05) is 6.61 Å². The molecule has 1 heterocycles. The third kappa shape index (κ3) is 2.68. The molecule has 6 nitrogen and oxygen atoms in total. The van der Waals surface area contributed by atoms with Crippen LogP contribution in [0.5, 0.6) is 0 Å². The average Bonchev–Trinajstić information content (AvgIpc) is 3.17. The largest absolute Gasteiger partial charge is 0.409 e. The van der Waals surface area contributed by atoms with Gasteiger partial charge in [-0.05, 0) is 38.5 Å². The molecule has 1 amide bonds. The number of hydrogen-bond donors (Lipinski definition) is 3. The topological polar surface area (TPSA) is 96.9 Å². The Labute approximate surface area is 113 Å². The van der Waals surface area contributed by atoms with Gasteiger partial charge >= 0.3 is 0 Å². The number of nitrogens with two attached hydrogens (primary N) is 1. The van der Waals surface area contributed by atoms with E-state index >= 15 is 0 Å². The van der Waals surface area contributed by atoms with Crippen LogP contribution in [0.15, 0.2) is 5.16 Å². The van der Waals surface area contributed by atoms with Gasteiger partial charge in [0.25, 0.3) is 0 Å². The fourth-order valence-corrected chi connectivity index (χ4v) is 2.55. The minimum absolute atomic E-state index is 0.0469. The van der Waals surface area contributed by atoms with E-state index in [0.717, 1.165) is 6.42 Å². The van der Waals surface area contributed by atoms with Crippen molar-refractivity contribution in [3.05, 3.63) is 0 Å². The first-order valence-electron chi connectivity index (χ1n) is 6.93. The molecule has 2 fully saturated rings. The molecule has 2 aliphatic rings. The summed E-state index contributed by atoms with van der Waals surface area (Å²) >= 11 is 0. The number of amides is 1. The zero-order chi connectivity index (χ0) is 14.0. The van der Waals surface area contributed by atoms with E-state index in [2.05, 4.69) is 10.5 Å². The second kappa shape index (κ2) is 5.36. The van der Waals surface area contributed by atoms with Crippen molar-refractivity contribution in [3.63, 3.8) is 0 Å². The zero-order valence-corrected chi connectivity index (χ0v) is 11.6. The van der Waals surface area contributed by atoms with Gasteiger partial charge in [-0.1, -0.05) is 12.1 Å². The predicted molar refractivity (Wildman–Crippen MR) is 70.8 cm³/mol. The first kappa shape index (κ1) is 14.1. The summed E-state index contributed by atoms with van der Waals surface area (Å²) in [6, 6.07) is 0.0531. The number of oxime groups is 1. The Morgan fingerprint density at radius 1 is 1.53 bits per heavy atom. The molecule has 4 N–H and O–H groups in total. The van der Waals surface area contributed by atoms with Gasteiger partial charge < -0.3 is 21.0 Å². The smallest absolute Gasteiger partial charge is 0.233 e. The van der Waals surface area contributed by atoms with Crippen LogP contribution in [0.4, 0.5) is 0 Å². The standard InChI is InChI=1S/C13H23N3O3/c1-3-13(2,11(14)16-18)12(17)15-9-6-7-19-10(9)8-4-5-8/h8-10,18H,3-7H2,1-2H3,(H2,14,16)(H,15,17). The SMILES string of the molecule is CCC(C)(C(=O)NC1CCOC1C1CC1)C(N)=NO. The fraction of sp³-hybridized carbons (Fsp3) is 0.846. The molecule has 0 aromatic carbocycles. The summed E-state index contributed by atoms with van der Waals surface area (Å²) in [7, 11) is 0. The van der Waals surface area contributed by atoms with E-state index in [0.29, 0.717) is 18.9 Å². The molecule has 0 bridgehead atoms. The summed E-state index contributed by atoms with van der Waals surface area (Å²) < 4.78 is 5.70. The number of amidine groups is 1. The van der Waals surface area contributed by atoms with Crippen LogP contribution in [-0.4, -0.2) is 35.7 Å². The highest BCUT2D eigenvalue weighted by Gasteiger charge is 2.44. The van der Waals surface area contributed by atoms with Crippen molar-refractivity contribution in [3.8, 4) is 0 Å². The lowest BCUT2D eigenvalue weighted by Crippen LogP contribution is -2.52. The number of rotatable bonds is 5. The molecular weight excluding hydrogens is 246 g/mol. The Balaban J connectivity index is 2.03. The van der Waals surface area contributed by atoms with Gasteiger partial charge in [0.05, 0.1) is 12.1 Å². The molecule has 1 aliphatic carbocycles. The van der Waals surface area contributed by atoms with E-state index in [1.807, 2.05) is 6.92 Å². The number of nitrogens with zero attached hydrogens (tertiary/aromatic N) is 1. The zero-order valence-electron chi connectivity index (χ0n) is 11.6. The maximum absolute atomic E-state index is 12.4. The monoisotopic (exact) mass is 269 g/mol. The first-order chi connectivity index (χ1) is 9.02. The lowest BCUT2D eigenvalue weighted by atomic mass is 9.84. The van der Waals surface area contributed by atoms with Crippen LogP contribution < -0.4 is 11.1 Å². The molecule has 0 spiro atoms. The van der Waals surface area contributed by atoms with Gasteiger partial charge in [-0.15, -0.1) is 0 Å². The van der Waals surface area contributed by atoms with Gasteiger partial charge in [0.2, 0.25) is 5.91 Å². The summed E-state index contributed by atoms with van der Waals surface area (Å²) in [4.78, 5) is 12.4. The molecule has 1 aliphatic heterocycles. The highest BCUT2D eigenvalue weighted by atomic mass is 16.5. The van der Waals surface area contributed by atoms with E-state index in [4.69, 9.17) is 15.7 Å². The maximum atomic E-state index is 12.4. The highest BCUT2D eigenvalue weighted by Crippen LogP contribution is 2.39. The summed E-state index contributed by atoms with van der Waals surface area (Å²) in [5.74, 6) is 0.352. The number of carbonyl (C=O) groups excluding carboxylic acids is 1. The number of nitrogens with one attached hydrogen (secondary N) is 1. The average molecular weight is 269 g/mol. The van der Waals surface area contributed by atoms with Crippen LogP contribution >= 0.6 is 0 Å². The van der Waals surface area contributed by atoms with E-state index in [9.17, 15) is 4.79 Å². The van der Waals surface area contributed by atoms with Crippen LogP contribution in [0.25, 0.3) is 0 Å². The second-order valence-electron chi connectivity index (χ2n) is 5.71. The van der Waals surface area contributed by atoms with E-state index in [1.54, 1.807) is 6.92 Å². The van der Waals surface area contributed by atoms with Gasteiger partial charge in [0.15, 0.2) is 5.84 Å². The molecule has 1 saturated heterocycles. The Kier molecular flexibility index (Phi) is 3.99. The van der Waals surface area contributed by atoms with Crippen molar-refractivity contribution in [1.29, 1.82) is 0 Å². The van der Waals surface area contributed by atoms with Gasteiger partial charge in [-0.2, -0.15) is 0 Å². The minimum atomic E-state index is -0.967. The third-order valence-electron chi connectivity index (χ3n) is 4.42. The number of hydrogen-bond acceptors (Lipinski definition) is 4. The van der Waals surface area contributed by atoms with Gasteiger partial charge in [-0.25, -0.2) is 0 Å². The highest BCUT2D eigenvalue weighted by molar-refractivity contribution is 6.06. The lowest BCUT2D eigenvalue weighted by molar-refractivity contribution is -0.128. The summed E-state index contributed by atoms with van der Waals surface area (Å²) in [6.07, 6.45) is 3.82. The molecule has 3 unspecified atom stereocenters. The number of carbonyl (C=O) groups is 1. The van der Waals surface area contributed by atoms with Crippen molar-refractivity contribution >= 4 is 11.7 Å². The molecule has 1 saturated carbocycles. The molecule has 0 aromatic rings. The first-order valence-corrected chi connectivity index (χ1v) is 6.93. The molecule has 3 atom stereocenters. The van der Waals surface area contributed by atoms with Crippen molar-refractivity contribution in [1.82, 2.24) is 5.32 Å². The second-order valence-corrected chi connectivity index (χ2v) is 5.71. The number of ether oxygens (including phenoxy) is 1. The van der Waals surface area contributed by atoms with E-state index < -0.39 is 5.41 Å². The summed E-state index contributed by atoms with van der Waals surface area (Å²) in [6.45, 7) is 4.24. The minimum Gasteiger partial charge on any atom is -0.409 e. The Hall–Kier alpha value is -1.30. The van der Waals surface area contributed by atoms with Crippen molar-refractivity contribution in [2.75, 3.05) is 6.61 Å². The molecule has 0 aromatic heterocycles. The quantitative estimate of drug-likeness (QED) is 0.298. The van der Waals surface area contributed by atoms with Crippen LogP contribution in [0.3, 0.4) is 0 Å². The van der Waals surface area contributed by atoms with Gasteiger partial charge in [-0.3, -0.25) is 4.79 Å². The molecule has 108 valence electrons. The normalized spacial score (nSPS) is 30.9. The predicted octanol–water partition coefficient (Wildman–Crippen LogP) is 0.833. The van der Waals surface area contributed by atoms with Crippen LogP contribution in [0.1, 0.15) is 39.5 Å². The Morgan fingerprint density at radius 3 is 2.74 bits per heavy atom. The molecule has 6 heteroatoms. The third-order valence-corrected chi connectivity index (χ3v) is 4.42. The van der Waals surface area contributed by atoms with Crippen LogP contribution in [0.2, 0.25) is 0 Å². The van der Waals surface area contributed by atoms with Crippen LogP contribution in [0, 0.1) is 11.3 Å². The van der Waals surface area contributed by atoms with Crippen molar-refractivity contribution < 1.29 is 14.7 Å². The summed E-state index contributed by atoms with van der Waals surface area (Å²) in [5, 5.41) is 14.8. The fourth-order valence-electron chi connectivity index (χ4n) is 2.55. The van der Waals surface area contributed by atoms with Crippen molar-refractivity contribution in [2.45, 2.75) is 51.7 Å². The molecular formula is C13H23N3O3. The van der Waals surface area contributed by atoms with Crippen LogP contribution in [-0.2, 0) is 9.53 Å². The molecule has 19 heavy (non-hydrogen) atoms. The molecule has 2 rings (SSSR count). The maximum Gasteiger partial charge on any atom is 0.233 e. The van der Waals surface area contributed by atoms with Gasteiger partial charge in [0.1, 0.15) is 5.41 Å². The van der Waals surface area contributed by atoms with Crippen molar-refractivity contribution in [2.24, 2.45) is 22.2 Å². The van der Waals surface area contributed by atoms with E-state index in [-0.39, 0.29) is 23.9 Å². The lowest BCUT2D eigenvalue weighted by Gasteiger charge is -2.28. The Morgan fingerprint density at radius 2 is 2.21 bits per heavy atom. The van der Waals surface area contributed by atoms with E-state index in [1.165, 1.54) is 12.8 Å².